The van der Waals surface area contributed by atoms with Crippen molar-refractivity contribution in [3.8, 4) is 5.75 Å². The number of thiophene rings is 1. The van der Waals surface area contributed by atoms with E-state index in [1.165, 1.54) is 18.4 Å². The average Bonchev–Trinajstić information content (AvgIpc) is 3.12. The molecule has 1 amide bonds. The van der Waals surface area contributed by atoms with Crippen LogP contribution >= 0.6 is 11.3 Å². The van der Waals surface area contributed by atoms with Crippen molar-refractivity contribution in [1.29, 1.82) is 0 Å². The first-order valence-electron chi connectivity index (χ1n) is 6.75. The Kier molecular flexibility index (Phi) is 5.87. The number of esters is 1. The maximum absolute atomic E-state index is 12.0. The fraction of sp³-hybridized carbons (Fsp3) is 0.188. The van der Waals surface area contributed by atoms with Gasteiger partial charge in [-0.05, 0) is 23.6 Å². The van der Waals surface area contributed by atoms with Crippen LogP contribution in [0.15, 0.2) is 41.8 Å². The zero-order valence-electron chi connectivity index (χ0n) is 12.4. The molecule has 2 rings (SSSR count). The van der Waals surface area contributed by atoms with Crippen molar-refractivity contribution in [2.75, 3.05) is 20.3 Å². The van der Waals surface area contributed by atoms with E-state index < -0.39 is 12.6 Å². The minimum absolute atomic E-state index is 0.296. The van der Waals surface area contributed by atoms with E-state index in [4.69, 9.17) is 9.47 Å². The number of benzene rings is 1. The summed E-state index contributed by atoms with van der Waals surface area (Å²) < 4.78 is 9.95. The van der Waals surface area contributed by atoms with Crippen molar-refractivity contribution in [2.24, 2.45) is 0 Å². The predicted molar refractivity (Wildman–Crippen MR) is 84.9 cm³/mol. The summed E-state index contributed by atoms with van der Waals surface area (Å²) in [5.41, 5.74) is 0.338. The lowest BCUT2D eigenvalue weighted by atomic mass is 10.1. The van der Waals surface area contributed by atoms with Crippen molar-refractivity contribution < 1.29 is 23.9 Å². The Balaban J connectivity index is 1.80. The Hall–Kier alpha value is -2.67. The Labute approximate surface area is 137 Å². The summed E-state index contributed by atoms with van der Waals surface area (Å²) in [6, 6.07) is 10.1. The largest absolute Gasteiger partial charge is 0.496 e. The number of ether oxygens (including phenoxy) is 2. The monoisotopic (exact) mass is 333 g/mol. The molecule has 1 aromatic carbocycles. The van der Waals surface area contributed by atoms with Gasteiger partial charge in [0.05, 0.1) is 17.6 Å². The quantitative estimate of drug-likeness (QED) is 0.618. The van der Waals surface area contributed by atoms with Crippen LogP contribution in [0, 0.1) is 0 Å². The normalized spacial score (nSPS) is 9.96. The van der Waals surface area contributed by atoms with Crippen LogP contribution in [0.25, 0.3) is 0 Å². The van der Waals surface area contributed by atoms with Gasteiger partial charge in [0.15, 0.2) is 6.61 Å². The highest BCUT2D eigenvalue weighted by Crippen LogP contribution is 2.17. The van der Waals surface area contributed by atoms with Crippen LogP contribution in [-0.2, 0) is 9.53 Å². The summed E-state index contributed by atoms with van der Waals surface area (Å²) in [5, 5.41) is 4.19. The molecule has 1 aromatic heterocycles. The second kappa shape index (κ2) is 8.09. The molecule has 0 saturated carbocycles. The summed E-state index contributed by atoms with van der Waals surface area (Å²) in [6.45, 7) is -0.704. The van der Waals surface area contributed by atoms with Crippen molar-refractivity contribution in [1.82, 2.24) is 5.32 Å². The Bertz CT molecular complexity index is 696. The average molecular weight is 333 g/mol. The third kappa shape index (κ3) is 4.65. The van der Waals surface area contributed by atoms with Crippen molar-refractivity contribution >= 4 is 29.0 Å². The van der Waals surface area contributed by atoms with E-state index in [9.17, 15) is 14.4 Å². The third-order valence-electron chi connectivity index (χ3n) is 2.91. The fourth-order valence-electron chi connectivity index (χ4n) is 1.80. The predicted octanol–water partition coefficient (Wildman–Crippen LogP) is 1.91. The third-order valence-corrected chi connectivity index (χ3v) is 3.78. The van der Waals surface area contributed by atoms with Gasteiger partial charge >= 0.3 is 5.97 Å². The summed E-state index contributed by atoms with van der Waals surface area (Å²) in [7, 11) is 1.46. The molecule has 0 aliphatic carbocycles. The van der Waals surface area contributed by atoms with E-state index in [2.05, 4.69) is 5.32 Å². The van der Waals surface area contributed by atoms with Gasteiger partial charge < -0.3 is 14.8 Å². The van der Waals surface area contributed by atoms with Crippen LogP contribution in [-0.4, -0.2) is 37.9 Å². The number of Topliss-reactive ketones (excluding diaryl/α,β-unsaturated/α-hetero) is 1. The lowest BCUT2D eigenvalue weighted by Crippen LogP contribution is -2.31. The van der Waals surface area contributed by atoms with E-state index in [0.29, 0.717) is 16.2 Å². The molecule has 6 nitrogen and oxygen atoms in total. The minimum atomic E-state index is -0.682. The number of hydrogen-bond acceptors (Lipinski definition) is 6. The topological polar surface area (TPSA) is 81.7 Å². The van der Waals surface area contributed by atoms with Crippen LogP contribution in [0.2, 0.25) is 0 Å². The molecule has 0 unspecified atom stereocenters. The van der Waals surface area contributed by atoms with Gasteiger partial charge in [-0.3, -0.25) is 14.4 Å². The molecule has 0 saturated heterocycles. The van der Waals surface area contributed by atoms with Gasteiger partial charge in [-0.15, -0.1) is 11.3 Å². The summed E-state index contributed by atoms with van der Waals surface area (Å²) in [5.74, 6) is -0.994. The van der Waals surface area contributed by atoms with Crippen molar-refractivity contribution in [2.45, 2.75) is 0 Å². The molecule has 0 bridgehead atoms. The van der Waals surface area contributed by atoms with Gasteiger partial charge in [-0.25, -0.2) is 0 Å². The second-order valence-electron chi connectivity index (χ2n) is 4.44. The first-order valence-corrected chi connectivity index (χ1v) is 7.63. The molecule has 0 spiro atoms. The number of ketones is 1. The highest BCUT2D eigenvalue weighted by molar-refractivity contribution is 7.12. The van der Waals surface area contributed by atoms with Gasteiger partial charge in [-0.2, -0.15) is 0 Å². The van der Waals surface area contributed by atoms with Crippen LogP contribution in [0.3, 0.4) is 0 Å². The molecular formula is C16H15NO5S. The van der Waals surface area contributed by atoms with Crippen molar-refractivity contribution in [3.63, 3.8) is 0 Å². The molecule has 120 valence electrons. The van der Waals surface area contributed by atoms with E-state index in [1.54, 1.807) is 41.8 Å². The molecule has 0 aliphatic heterocycles. The lowest BCUT2D eigenvalue weighted by molar-refractivity contribution is -0.141. The number of hydrogen-bond donors (Lipinski definition) is 1. The standard InChI is InChI=1S/C16H15NO5S/c1-21-13-6-3-2-5-11(13)12(18)10-22-15(19)9-17-16(20)14-7-4-8-23-14/h2-8H,9-10H2,1H3,(H,17,20). The number of carbonyl (C=O) groups excluding carboxylic acids is 3. The van der Waals surface area contributed by atoms with Gasteiger partial charge in [0.25, 0.3) is 5.91 Å². The van der Waals surface area contributed by atoms with Gasteiger partial charge in [0, 0.05) is 0 Å². The smallest absolute Gasteiger partial charge is 0.325 e. The number of amides is 1. The van der Waals surface area contributed by atoms with Gasteiger partial charge in [0.1, 0.15) is 12.3 Å². The van der Waals surface area contributed by atoms with E-state index >= 15 is 0 Å². The van der Waals surface area contributed by atoms with Crippen molar-refractivity contribution in [3.05, 3.63) is 52.2 Å². The van der Waals surface area contributed by atoms with Crippen LogP contribution in [0.5, 0.6) is 5.75 Å². The minimum Gasteiger partial charge on any atom is -0.496 e. The van der Waals surface area contributed by atoms with Gasteiger partial charge in [0.2, 0.25) is 5.78 Å². The molecule has 1 heterocycles. The molecule has 0 radical (unpaired) electrons. The molecule has 7 heteroatoms. The van der Waals surface area contributed by atoms with E-state index in [1.807, 2.05) is 0 Å². The molecule has 0 atom stereocenters. The number of para-hydroxylation sites is 1. The summed E-state index contributed by atoms with van der Waals surface area (Å²) >= 11 is 1.27. The molecule has 23 heavy (non-hydrogen) atoms. The van der Waals surface area contributed by atoms with Crippen LogP contribution < -0.4 is 10.1 Å². The Morgan fingerprint density at radius 3 is 2.61 bits per heavy atom. The second-order valence-corrected chi connectivity index (χ2v) is 5.39. The van der Waals surface area contributed by atoms with Crippen LogP contribution in [0.4, 0.5) is 0 Å². The maximum atomic E-state index is 12.0. The Morgan fingerprint density at radius 2 is 1.91 bits per heavy atom. The zero-order valence-corrected chi connectivity index (χ0v) is 13.2. The maximum Gasteiger partial charge on any atom is 0.325 e. The number of methoxy groups -OCH3 is 1. The van der Waals surface area contributed by atoms with E-state index in [0.717, 1.165) is 0 Å². The van der Waals surface area contributed by atoms with E-state index in [-0.39, 0.29) is 18.2 Å². The molecule has 0 aliphatic rings. The first kappa shape index (κ1) is 16.7. The fourth-order valence-corrected chi connectivity index (χ4v) is 2.44. The molecule has 0 fully saturated rings. The molecule has 1 N–H and O–H groups in total. The lowest BCUT2D eigenvalue weighted by Gasteiger charge is -2.08. The number of nitrogens with one attached hydrogen (secondary N) is 1. The zero-order chi connectivity index (χ0) is 16.7. The highest BCUT2D eigenvalue weighted by Gasteiger charge is 2.15. The van der Waals surface area contributed by atoms with Gasteiger partial charge in [-0.1, -0.05) is 18.2 Å². The summed E-state index contributed by atoms with van der Waals surface area (Å²) in [4.78, 5) is 35.8. The number of rotatable bonds is 7. The van der Waals surface area contributed by atoms with Crippen LogP contribution in [0.1, 0.15) is 20.0 Å². The highest BCUT2D eigenvalue weighted by atomic mass is 32.1. The molecule has 2 aromatic rings. The first-order chi connectivity index (χ1) is 11.1. The number of carbonyl (C=O) groups is 3. The molecular weight excluding hydrogens is 318 g/mol. The Morgan fingerprint density at radius 1 is 1.13 bits per heavy atom. The summed E-state index contributed by atoms with van der Waals surface area (Å²) in [6.07, 6.45) is 0. The SMILES string of the molecule is COc1ccccc1C(=O)COC(=O)CNC(=O)c1cccs1.